The van der Waals surface area contributed by atoms with Crippen LogP contribution >= 0.6 is 11.6 Å². The average molecular weight is 458 g/mol. The SMILES string of the molecule is COc1cc(N2CCN3[C@@H](CCC[C@@H]3c3ccc(OCCCN)c(C)c3C)C2)ccc1Cl. The topological polar surface area (TPSA) is 51.0 Å². The summed E-state index contributed by atoms with van der Waals surface area (Å²) in [5.41, 5.74) is 10.9. The summed E-state index contributed by atoms with van der Waals surface area (Å²) in [6.07, 6.45) is 4.61. The quantitative estimate of drug-likeness (QED) is 0.585. The Labute approximate surface area is 197 Å². The number of ether oxygens (including phenoxy) is 2. The molecule has 0 aromatic heterocycles. The maximum absolute atomic E-state index is 6.24. The van der Waals surface area contributed by atoms with E-state index in [1.165, 1.54) is 41.6 Å². The Bertz CT molecular complexity index is 936. The number of hydrogen-bond donors (Lipinski definition) is 1. The number of halogens is 1. The molecule has 5 nitrogen and oxygen atoms in total. The zero-order valence-corrected chi connectivity index (χ0v) is 20.3. The Morgan fingerprint density at radius 2 is 1.91 bits per heavy atom. The van der Waals surface area contributed by atoms with Crippen molar-refractivity contribution >= 4 is 17.3 Å². The Balaban J connectivity index is 1.50. The van der Waals surface area contributed by atoms with Crippen molar-refractivity contribution in [1.29, 1.82) is 0 Å². The van der Waals surface area contributed by atoms with Gasteiger partial charge in [-0.3, -0.25) is 4.90 Å². The fourth-order valence-corrected chi connectivity index (χ4v) is 5.46. The molecule has 0 bridgehead atoms. The molecule has 2 aliphatic heterocycles. The van der Waals surface area contributed by atoms with Gasteiger partial charge in [0.2, 0.25) is 0 Å². The van der Waals surface area contributed by atoms with Crippen LogP contribution in [0.15, 0.2) is 30.3 Å². The molecule has 0 aliphatic carbocycles. The number of rotatable bonds is 7. The third-order valence-corrected chi connectivity index (χ3v) is 7.50. The smallest absolute Gasteiger partial charge is 0.139 e. The van der Waals surface area contributed by atoms with Crippen LogP contribution in [0.25, 0.3) is 0 Å². The lowest BCUT2D eigenvalue weighted by atomic mass is 9.86. The maximum Gasteiger partial charge on any atom is 0.139 e. The lowest BCUT2D eigenvalue weighted by Crippen LogP contribution is -2.56. The van der Waals surface area contributed by atoms with Crippen molar-refractivity contribution in [3.8, 4) is 11.5 Å². The highest BCUT2D eigenvalue weighted by Crippen LogP contribution is 2.40. The average Bonchev–Trinajstić information content (AvgIpc) is 2.82. The van der Waals surface area contributed by atoms with Gasteiger partial charge in [-0.25, -0.2) is 0 Å². The second kappa shape index (κ2) is 10.3. The molecule has 2 fully saturated rings. The van der Waals surface area contributed by atoms with Gasteiger partial charge in [-0.1, -0.05) is 17.7 Å². The van der Waals surface area contributed by atoms with Crippen molar-refractivity contribution in [3.05, 3.63) is 52.0 Å². The largest absolute Gasteiger partial charge is 0.495 e. The van der Waals surface area contributed by atoms with E-state index < -0.39 is 0 Å². The molecule has 0 spiro atoms. The molecule has 2 aliphatic rings. The summed E-state index contributed by atoms with van der Waals surface area (Å²) < 4.78 is 11.4. The predicted molar refractivity (Wildman–Crippen MR) is 132 cm³/mol. The van der Waals surface area contributed by atoms with Crippen molar-refractivity contribution in [2.75, 3.05) is 44.8 Å². The molecule has 0 saturated carbocycles. The first-order chi connectivity index (χ1) is 15.5. The van der Waals surface area contributed by atoms with Gasteiger partial charge < -0.3 is 20.1 Å². The van der Waals surface area contributed by atoms with Crippen LogP contribution in [0.5, 0.6) is 11.5 Å². The van der Waals surface area contributed by atoms with E-state index >= 15 is 0 Å². The van der Waals surface area contributed by atoms with Crippen LogP contribution in [0.1, 0.15) is 48.4 Å². The molecule has 32 heavy (non-hydrogen) atoms. The third kappa shape index (κ3) is 4.70. The van der Waals surface area contributed by atoms with Crippen LogP contribution in [-0.2, 0) is 0 Å². The van der Waals surface area contributed by atoms with E-state index in [9.17, 15) is 0 Å². The van der Waals surface area contributed by atoms with Crippen LogP contribution in [0.3, 0.4) is 0 Å². The van der Waals surface area contributed by atoms with Crippen LogP contribution in [0.4, 0.5) is 5.69 Å². The Hall–Kier alpha value is -1.95. The van der Waals surface area contributed by atoms with E-state index in [2.05, 4.69) is 47.9 Å². The van der Waals surface area contributed by atoms with Gasteiger partial charge in [-0.15, -0.1) is 0 Å². The summed E-state index contributed by atoms with van der Waals surface area (Å²) in [6.45, 7) is 8.89. The first-order valence-corrected chi connectivity index (χ1v) is 12.2. The summed E-state index contributed by atoms with van der Waals surface area (Å²) in [4.78, 5) is 5.22. The number of piperazine rings is 1. The summed E-state index contributed by atoms with van der Waals surface area (Å²) in [6, 6.07) is 11.6. The highest BCUT2D eigenvalue weighted by atomic mass is 35.5. The lowest BCUT2D eigenvalue weighted by Gasteiger charge is -2.49. The molecule has 0 unspecified atom stereocenters. The van der Waals surface area contributed by atoms with Crippen molar-refractivity contribution in [3.63, 3.8) is 0 Å². The maximum atomic E-state index is 6.24. The first-order valence-electron chi connectivity index (χ1n) is 11.8. The van der Waals surface area contributed by atoms with Crippen molar-refractivity contribution in [2.24, 2.45) is 5.73 Å². The molecule has 2 heterocycles. The van der Waals surface area contributed by atoms with Gasteiger partial charge in [-0.05, 0) is 81.0 Å². The van der Waals surface area contributed by atoms with E-state index in [1.54, 1.807) is 7.11 Å². The first kappa shape index (κ1) is 23.2. The second-order valence-electron chi connectivity index (χ2n) is 9.00. The van der Waals surface area contributed by atoms with Crippen LogP contribution in [-0.4, -0.2) is 50.8 Å². The number of hydrogen-bond acceptors (Lipinski definition) is 5. The fraction of sp³-hybridized carbons (Fsp3) is 0.538. The van der Waals surface area contributed by atoms with Gasteiger partial charge in [-0.2, -0.15) is 0 Å². The number of methoxy groups -OCH3 is 1. The molecule has 174 valence electrons. The van der Waals surface area contributed by atoms with Crippen molar-refractivity contribution < 1.29 is 9.47 Å². The lowest BCUT2D eigenvalue weighted by molar-refractivity contribution is 0.0712. The monoisotopic (exact) mass is 457 g/mol. The van der Waals surface area contributed by atoms with Gasteiger partial charge in [0, 0.05) is 43.5 Å². The van der Waals surface area contributed by atoms with Crippen molar-refractivity contribution in [2.45, 2.75) is 51.6 Å². The molecule has 2 N–H and O–H groups in total. The highest BCUT2D eigenvalue weighted by molar-refractivity contribution is 6.32. The summed E-state index contributed by atoms with van der Waals surface area (Å²) in [7, 11) is 1.67. The van der Waals surface area contributed by atoms with Gasteiger partial charge >= 0.3 is 0 Å². The normalized spacial score (nSPS) is 21.3. The molecule has 2 aromatic rings. The number of nitrogens with two attached hydrogens (primary N) is 1. The summed E-state index contributed by atoms with van der Waals surface area (Å²) in [5, 5.41) is 0.661. The van der Waals surface area contributed by atoms with Gasteiger partial charge in [0.1, 0.15) is 11.5 Å². The third-order valence-electron chi connectivity index (χ3n) is 7.19. The highest BCUT2D eigenvalue weighted by Gasteiger charge is 2.36. The summed E-state index contributed by atoms with van der Waals surface area (Å²) >= 11 is 6.24. The minimum absolute atomic E-state index is 0.479. The molecule has 2 aromatic carbocycles. The van der Waals surface area contributed by atoms with Gasteiger partial charge in [0.15, 0.2) is 0 Å². The molecule has 6 heteroatoms. The molecule has 2 atom stereocenters. The Kier molecular flexibility index (Phi) is 7.49. The minimum atomic E-state index is 0.479. The Morgan fingerprint density at radius 1 is 1.06 bits per heavy atom. The zero-order valence-electron chi connectivity index (χ0n) is 19.6. The minimum Gasteiger partial charge on any atom is -0.495 e. The molecule has 4 rings (SSSR count). The molecule has 0 radical (unpaired) electrons. The van der Waals surface area contributed by atoms with E-state index in [0.717, 1.165) is 37.6 Å². The van der Waals surface area contributed by atoms with E-state index in [1.807, 2.05) is 6.07 Å². The number of benzene rings is 2. The van der Waals surface area contributed by atoms with Crippen LogP contribution in [0, 0.1) is 13.8 Å². The predicted octanol–water partition coefficient (Wildman–Crippen LogP) is 5.11. The molecular weight excluding hydrogens is 422 g/mol. The summed E-state index contributed by atoms with van der Waals surface area (Å²) in [5.74, 6) is 1.74. The second-order valence-corrected chi connectivity index (χ2v) is 9.40. The number of nitrogens with zero attached hydrogens (tertiary/aromatic N) is 2. The molecule has 2 saturated heterocycles. The molecular formula is C26H36ClN3O2. The Morgan fingerprint density at radius 3 is 2.69 bits per heavy atom. The van der Waals surface area contributed by atoms with Crippen LogP contribution < -0.4 is 20.1 Å². The van der Waals surface area contributed by atoms with E-state index in [4.69, 9.17) is 26.8 Å². The van der Waals surface area contributed by atoms with Gasteiger partial charge in [0.25, 0.3) is 0 Å². The molecule has 0 amide bonds. The van der Waals surface area contributed by atoms with Crippen LogP contribution in [0.2, 0.25) is 5.02 Å². The van der Waals surface area contributed by atoms with E-state index in [0.29, 0.717) is 30.3 Å². The zero-order chi connectivity index (χ0) is 22.7. The van der Waals surface area contributed by atoms with E-state index in [-0.39, 0.29) is 0 Å². The number of piperidine rings is 1. The van der Waals surface area contributed by atoms with Crippen molar-refractivity contribution in [1.82, 2.24) is 4.90 Å². The number of anilines is 1. The number of fused-ring (bicyclic) bond motifs is 1. The standard InChI is InChI=1S/C26H36ClN3O2/c1-18-19(2)25(32-15-5-12-28)11-9-22(18)24-7-4-6-21-17-29(13-14-30(21)24)20-8-10-23(27)26(16-20)31-3/h8-11,16,21,24H,4-7,12-15,17,28H2,1-3H3/t21-,24+/m0/s1. The fourth-order valence-electron chi connectivity index (χ4n) is 5.26. The van der Waals surface area contributed by atoms with Gasteiger partial charge in [0.05, 0.1) is 18.7 Å².